The summed E-state index contributed by atoms with van der Waals surface area (Å²) < 4.78 is 1.84. The van der Waals surface area contributed by atoms with Gasteiger partial charge in [0.05, 0.1) is 6.20 Å². The van der Waals surface area contributed by atoms with Crippen LogP contribution in [0.15, 0.2) is 42.9 Å². The molecule has 0 saturated heterocycles. The zero-order valence-electron chi connectivity index (χ0n) is 11.9. The molecule has 0 spiro atoms. The predicted molar refractivity (Wildman–Crippen MR) is 81.6 cm³/mol. The van der Waals surface area contributed by atoms with Crippen molar-refractivity contribution in [1.29, 1.82) is 0 Å². The van der Waals surface area contributed by atoms with E-state index < -0.39 is 0 Å². The lowest BCUT2D eigenvalue weighted by atomic mass is 10.1. The number of aromatic amines is 1. The Labute approximate surface area is 118 Å². The van der Waals surface area contributed by atoms with Crippen LogP contribution >= 0.6 is 0 Å². The van der Waals surface area contributed by atoms with Gasteiger partial charge >= 0.3 is 0 Å². The molecule has 0 aliphatic rings. The normalized spacial score (nSPS) is 12.9. The van der Waals surface area contributed by atoms with Crippen molar-refractivity contribution in [3.8, 4) is 0 Å². The third-order valence-corrected chi connectivity index (χ3v) is 3.74. The lowest BCUT2D eigenvalue weighted by Crippen LogP contribution is -2.21. The molecule has 1 atom stereocenters. The Morgan fingerprint density at radius 3 is 3.00 bits per heavy atom. The van der Waals surface area contributed by atoms with Crippen LogP contribution in [-0.4, -0.2) is 21.3 Å². The number of nitrogens with zero attached hydrogens (tertiary/aromatic N) is 2. The van der Waals surface area contributed by atoms with Gasteiger partial charge in [-0.1, -0.05) is 18.2 Å². The Bertz CT molecular complexity index is 695. The summed E-state index contributed by atoms with van der Waals surface area (Å²) in [5.41, 5.74) is 3.81. The number of hydrogen-bond acceptors (Lipinski definition) is 2. The van der Waals surface area contributed by atoms with Crippen molar-refractivity contribution in [1.82, 2.24) is 20.1 Å². The molecule has 2 N–H and O–H groups in total. The summed E-state index contributed by atoms with van der Waals surface area (Å²) >= 11 is 0. The van der Waals surface area contributed by atoms with Gasteiger partial charge in [-0.3, -0.25) is 4.68 Å². The minimum absolute atomic E-state index is 0.328. The number of nitrogens with one attached hydrogen (secondary N) is 2. The van der Waals surface area contributed by atoms with Gasteiger partial charge in [-0.15, -0.1) is 0 Å². The summed E-state index contributed by atoms with van der Waals surface area (Å²) in [6.07, 6.45) is 7.11. The van der Waals surface area contributed by atoms with E-state index in [0.717, 1.165) is 13.0 Å². The fourth-order valence-corrected chi connectivity index (χ4v) is 2.54. The van der Waals surface area contributed by atoms with Gasteiger partial charge in [0.2, 0.25) is 0 Å². The third kappa shape index (κ3) is 2.60. The van der Waals surface area contributed by atoms with Crippen LogP contribution < -0.4 is 5.32 Å². The first-order chi connectivity index (χ1) is 9.74. The van der Waals surface area contributed by atoms with Crippen LogP contribution in [0, 0.1) is 0 Å². The molecule has 104 valence electrons. The Morgan fingerprint density at radius 1 is 1.35 bits per heavy atom. The average molecular weight is 268 g/mol. The molecule has 0 bridgehead atoms. The summed E-state index contributed by atoms with van der Waals surface area (Å²) in [7, 11) is 1.95. The topological polar surface area (TPSA) is 45.6 Å². The second-order valence-electron chi connectivity index (χ2n) is 5.23. The molecule has 3 rings (SSSR count). The van der Waals surface area contributed by atoms with Crippen molar-refractivity contribution in [3.63, 3.8) is 0 Å². The van der Waals surface area contributed by atoms with Crippen LogP contribution in [0.5, 0.6) is 0 Å². The Kier molecular flexibility index (Phi) is 3.56. The number of aryl methyl sites for hydroxylation is 1. The van der Waals surface area contributed by atoms with Crippen LogP contribution in [0.1, 0.15) is 24.1 Å². The van der Waals surface area contributed by atoms with Gasteiger partial charge in [0.15, 0.2) is 0 Å². The highest BCUT2D eigenvalue weighted by atomic mass is 15.2. The number of benzene rings is 1. The minimum Gasteiger partial charge on any atom is -0.361 e. The van der Waals surface area contributed by atoms with Gasteiger partial charge in [0.1, 0.15) is 0 Å². The van der Waals surface area contributed by atoms with Gasteiger partial charge in [0, 0.05) is 41.9 Å². The maximum absolute atomic E-state index is 4.21. The highest BCUT2D eigenvalue weighted by Crippen LogP contribution is 2.18. The molecule has 4 heteroatoms. The van der Waals surface area contributed by atoms with E-state index in [2.05, 4.69) is 59.0 Å². The molecule has 0 aliphatic heterocycles. The SMILES string of the molecule is CC(NCCc1c[nH]c2ccccc12)c1cnn(C)c1. The molecule has 0 aliphatic carbocycles. The fourth-order valence-electron chi connectivity index (χ4n) is 2.54. The van der Waals surface area contributed by atoms with Gasteiger partial charge in [-0.05, 0) is 31.5 Å². The standard InChI is InChI=1S/C16H20N4/c1-12(14-10-19-20(2)11-14)17-8-7-13-9-18-16-6-4-3-5-15(13)16/h3-6,9-12,17-18H,7-8H2,1-2H3. The predicted octanol–water partition coefficient (Wildman–Crippen LogP) is 2.79. The van der Waals surface area contributed by atoms with E-state index in [9.17, 15) is 0 Å². The van der Waals surface area contributed by atoms with Gasteiger partial charge in [0.25, 0.3) is 0 Å². The Hall–Kier alpha value is -2.07. The third-order valence-electron chi connectivity index (χ3n) is 3.74. The van der Waals surface area contributed by atoms with Crippen molar-refractivity contribution < 1.29 is 0 Å². The van der Waals surface area contributed by atoms with E-state index in [0.29, 0.717) is 6.04 Å². The Balaban J connectivity index is 1.60. The molecule has 2 heterocycles. The van der Waals surface area contributed by atoms with Crippen LogP contribution in [0.4, 0.5) is 0 Å². The van der Waals surface area contributed by atoms with Crippen molar-refractivity contribution in [3.05, 3.63) is 54.0 Å². The minimum atomic E-state index is 0.328. The molecule has 1 unspecified atom stereocenters. The molecule has 0 fully saturated rings. The van der Waals surface area contributed by atoms with Gasteiger partial charge < -0.3 is 10.3 Å². The molecular formula is C16H20N4. The van der Waals surface area contributed by atoms with E-state index in [1.165, 1.54) is 22.0 Å². The van der Waals surface area contributed by atoms with Crippen molar-refractivity contribution in [2.45, 2.75) is 19.4 Å². The highest BCUT2D eigenvalue weighted by Gasteiger charge is 2.07. The second-order valence-corrected chi connectivity index (χ2v) is 5.23. The first-order valence-electron chi connectivity index (χ1n) is 7.01. The zero-order chi connectivity index (χ0) is 13.9. The summed E-state index contributed by atoms with van der Waals surface area (Å²) in [5.74, 6) is 0. The molecule has 2 aromatic heterocycles. The lowest BCUT2D eigenvalue weighted by molar-refractivity contribution is 0.577. The molecule has 0 amide bonds. The van der Waals surface area contributed by atoms with Gasteiger partial charge in [-0.2, -0.15) is 5.10 Å². The number of H-pyrrole nitrogens is 1. The van der Waals surface area contributed by atoms with E-state index in [1.54, 1.807) is 0 Å². The summed E-state index contributed by atoms with van der Waals surface area (Å²) in [6.45, 7) is 3.13. The lowest BCUT2D eigenvalue weighted by Gasteiger charge is -2.11. The molecular weight excluding hydrogens is 248 g/mol. The first kappa shape index (κ1) is 12.9. The zero-order valence-corrected chi connectivity index (χ0v) is 11.9. The summed E-state index contributed by atoms with van der Waals surface area (Å²) in [5, 5.41) is 9.08. The molecule has 1 aromatic carbocycles. The van der Waals surface area contributed by atoms with Crippen LogP contribution in [0.2, 0.25) is 0 Å². The highest BCUT2D eigenvalue weighted by molar-refractivity contribution is 5.83. The number of fused-ring (bicyclic) bond motifs is 1. The summed E-state index contributed by atoms with van der Waals surface area (Å²) in [4.78, 5) is 3.32. The largest absolute Gasteiger partial charge is 0.361 e. The van der Waals surface area contributed by atoms with Crippen molar-refractivity contribution >= 4 is 10.9 Å². The second kappa shape index (κ2) is 5.51. The van der Waals surface area contributed by atoms with Gasteiger partial charge in [-0.25, -0.2) is 0 Å². The monoisotopic (exact) mass is 268 g/mol. The van der Waals surface area contributed by atoms with Crippen LogP contribution in [-0.2, 0) is 13.5 Å². The maximum atomic E-state index is 4.21. The molecule has 20 heavy (non-hydrogen) atoms. The van der Waals surface area contributed by atoms with E-state index >= 15 is 0 Å². The van der Waals surface area contributed by atoms with E-state index in [4.69, 9.17) is 0 Å². The maximum Gasteiger partial charge on any atom is 0.0537 e. The Morgan fingerprint density at radius 2 is 2.20 bits per heavy atom. The molecule has 3 aromatic rings. The number of hydrogen-bond donors (Lipinski definition) is 2. The quantitative estimate of drug-likeness (QED) is 0.747. The number of aromatic nitrogens is 3. The van der Waals surface area contributed by atoms with Crippen LogP contribution in [0.25, 0.3) is 10.9 Å². The first-order valence-corrected chi connectivity index (χ1v) is 7.01. The van der Waals surface area contributed by atoms with Crippen LogP contribution in [0.3, 0.4) is 0 Å². The summed E-state index contributed by atoms with van der Waals surface area (Å²) in [6, 6.07) is 8.77. The number of rotatable bonds is 5. The van der Waals surface area contributed by atoms with Crippen molar-refractivity contribution in [2.75, 3.05) is 6.54 Å². The molecule has 0 saturated carbocycles. The van der Waals surface area contributed by atoms with Crippen molar-refractivity contribution in [2.24, 2.45) is 7.05 Å². The van der Waals surface area contributed by atoms with E-state index in [-0.39, 0.29) is 0 Å². The smallest absolute Gasteiger partial charge is 0.0537 e. The number of para-hydroxylation sites is 1. The molecule has 4 nitrogen and oxygen atoms in total. The average Bonchev–Trinajstić information content (AvgIpc) is 3.06. The molecule has 0 radical (unpaired) electrons. The van der Waals surface area contributed by atoms with E-state index in [1.807, 2.05) is 17.9 Å². The fraction of sp³-hybridized carbons (Fsp3) is 0.312.